The van der Waals surface area contributed by atoms with Crippen molar-refractivity contribution in [3.05, 3.63) is 118 Å². The van der Waals surface area contributed by atoms with Crippen molar-refractivity contribution >= 4 is 68.0 Å². The smallest absolute Gasteiger partial charge is 0.337 e. The monoisotopic (exact) mass is 610 g/mol. The Bertz CT molecular complexity index is 2020. The number of carbonyl (C=O) groups excluding carboxylic acids is 2. The number of azo groups is 1. The number of hydrogen-bond acceptors (Lipinski definition) is 10. The molecule has 0 radical (unpaired) electrons. The number of allylic oxidation sites excluding steroid dienone is 1. The largest absolute Gasteiger partial charge is 0.478 e. The molecule has 220 valence electrons. The van der Waals surface area contributed by atoms with Crippen LogP contribution in [-0.4, -0.2) is 41.4 Å². The SMILES string of the molecule is Nc1cccc(C(=O)Nc2ccc3c(c2)C(=O)/C(=N/Nc2ccc(N=Nc4ccccc4)cc2C(=O)O)C(S(=O)(=O)O)=C3)c1. The van der Waals surface area contributed by atoms with Gasteiger partial charge in [0.05, 0.1) is 22.6 Å². The summed E-state index contributed by atoms with van der Waals surface area (Å²) in [5.41, 5.74) is 8.80. The number of nitrogen functional groups attached to an aromatic ring is 1. The Morgan fingerprint density at radius 2 is 1.59 bits per heavy atom. The Morgan fingerprint density at radius 1 is 0.841 bits per heavy atom. The minimum atomic E-state index is -4.95. The number of anilines is 3. The second kappa shape index (κ2) is 12.1. The molecule has 0 saturated heterocycles. The summed E-state index contributed by atoms with van der Waals surface area (Å²) in [6.45, 7) is 0. The van der Waals surface area contributed by atoms with Crippen molar-refractivity contribution in [3.63, 3.8) is 0 Å². The molecule has 4 aromatic rings. The minimum absolute atomic E-state index is 0.0292. The van der Waals surface area contributed by atoms with E-state index >= 15 is 0 Å². The number of carboxylic acid groups (broad SMARTS) is 1. The normalized spacial score (nSPS) is 13.8. The fourth-order valence-electron chi connectivity index (χ4n) is 4.19. The van der Waals surface area contributed by atoms with Crippen LogP contribution in [0.2, 0.25) is 0 Å². The number of nitrogens with zero attached hydrogens (tertiary/aromatic N) is 3. The zero-order valence-electron chi connectivity index (χ0n) is 22.5. The molecule has 1 aliphatic carbocycles. The van der Waals surface area contributed by atoms with Gasteiger partial charge in [0.2, 0.25) is 5.78 Å². The molecule has 0 aliphatic heterocycles. The van der Waals surface area contributed by atoms with Crippen LogP contribution in [0.15, 0.2) is 111 Å². The van der Waals surface area contributed by atoms with Crippen LogP contribution in [0.5, 0.6) is 0 Å². The summed E-state index contributed by atoms with van der Waals surface area (Å²) in [6.07, 6.45) is 1.04. The number of benzene rings is 4. The van der Waals surface area contributed by atoms with E-state index in [1.807, 2.05) is 6.07 Å². The number of amides is 1. The van der Waals surface area contributed by atoms with E-state index in [1.54, 1.807) is 42.5 Å². The highest BCUT2D eigenvalue weighted by atomic mass is 32.2. The lowest BCUT2D eigenvalue weighted by molar-refractivity contribution is 0.0697. The number of nitrogens with two attached hydrogens (primary N) is 1. The first-order valence-electron chi connectivity index (χ1n) is 12.7. The van der Waals surface area contributed by atoms with Gasteiger partial charge in [0, 0.05) is 22.5 Å². The van der Waals surface area contributed by atoms with Gasteiger partial charge in [-0.1, -0.05) is 30.3 Å². The second-order valence-electron chi connectivity index (χ2n) is 9.34. The van der Waals surface area contributed by atoms with E-state index in [9.17, 15) is 32.5 Å². The molecule has 44 heavy (non-hydrogen) atoms. The van der Waals surface area contributed by atoms with E-state index in [2.05, 4.69) is 26.1 Å². The Morgan fingerprint density at radius 3 is 2.30 bits per heavy atom. The maximum atomic E-state index is 13.5. The topological polar surface area (TPSA) is 213 Å². The number of carbonyl (C=O) groups is 3. The average molecular weight is 611 g/mol. The number of hydrogen-bond donors (Lipinski definition) is 5. The molecule has 0 unspecified atom stereocenters. The highest BCUT2D eigenvalue weighted by Gasteiger charge is 2.33. The van der Waals surface area contributed by atoms with E-state index in [4.69, 9.17) is 5.73 Å². The van der Waals surface area contributed by atoms with Crippen LogP contribution in [-0.2, 0) is 10.1 Å². The number of ketones is 1. The van der Waals surface area contributed by atoms with Gasteiger partial charge in [0.25, 0.3) is 16.0 Å². The summed E-state index contributed by atoms with van der Waals surface area (Å²) in [4.78, 5) is 37.3. The quantitative estimate of drug-likeness (QED) is 0.0733. The summed E-state index contributed by atoms with van der Waals surface area (Å²) < 4.78 is 34.3. The molecule has 0 saturated carbocycles. The van der Waals surface area contributed by atoms with Crippen molar-refractivity contribution in [3.8, 4) is 0 Å². The third-order valence-corrected chi connectivity index (χ3v) is 7.14. The van der Waals surface area contributed by atoms with Crippen molar-refractivity contribution in [1.82, 2.24) is 0 Å². The standard InChI is InChI=1S/C30H22N6O7S/c31-19-6-4-5-18(13-19)29(38)32-21-10-9-17-14-26(44(41,42)43)27(28(37)23(17)15-21)36-35-25-12-11-22(16-24(25)30(39)40)34-33-20-7-2-1-3-8-20/h1-16,35H,31H2,(H,32,38)(H,39,40)(H,41,42,43)/b34-33?,36-27+. The van der Waals surface area contributed by atoms with Gasteiger partial charge in [-0.05, 0) is 72.3 Å². The summed E-state index contributed by atoms with van der Waals surface area (Å²) >= 11 is 0. The van der Waals surface area contributed by atoms with Crippen LogP contribution in [0.25, 0.3) is 6.08 Å². The molecule has 1 aliphatic rings. The molecular weight excluding hydrogens is 588 g/mol. The highest BCUT2D eigenvalue weighted by Crippen LogP contribution is 2.29. The number of hydrazone groups is 1. The average Bonchev–Trinajstić information content (AvgIpc) is 3.00. The molecule has 0 spiro atoms. The number of Topliss-reactive ketones (excluding diaryl/α,β-unsaturated/α-hetero) is 1. The van der Waals surface area contributed by atoms with E-state index in [1.165, 1.54) is 42.5 Å². The van der Waals surface area contributed by atoms with Gasteiger partial charge >= 0.3 is 5.97 Å². The molecule has 13 nitrogen and oxygen atoms in total. The second-order valence-corrected chi connectivity index (χ2v) is 10.7. The minimum Gasteiger partial charge on any atom is -0.478 e. The Hall–Kier alpha value is -5.99. The number of nitrogens with one attached hydrogen (secondary N) is 2. The van der Waals surface area contributed by atoms with E-state index in [0.29, 0.717) is 11.4 Å². The molecule has 6 N–H and O–H groups in total. The third-order valence-electron chi connectivity index (χ3n) is 6.28. The first kappa shape index (κ1) is 29.5. The van der Waals surface area contributed by atoms with Crippen LogP contribution in [0.1, 0.15) is 36.6 Å². The summed E-state index contributed by atoms with van der Waals surface area (Å²) in [6, 6.07) is 23.1. The van der Waals surface area contributed by atoms with Crippen molar-refractivity contribution < 1.29 is 32.5 Å². The van der Waals surface area contributed by atoms with Crippen LogP contribution < -0.4 is 16.5 Å². The lowest BCUT2D eigenvalue weighted by atomic mass is 9.94. The summed E-state index contributed by atoms with van der Waals surface area (Å²) in [7, 11) is -4.95. The van der Waals surface area contributed by atoms with E-state index in [0.717, 1.165) is 6.08 Å². The molecule has 0 atom stereocenters. The maximum absolute atomic E-state index is 13.5. The van der Waals surface area contributed by atoms with Crippen LogP contribution >= 0.6 is 0 Å². The number of carboxylic acids is 1. The zero-order chi connectivity index (χ0) is 31.4. The van der Waals surface area contributed by atoms with Crippen molar-refractivity contribution in [1.29, 1.82) is 0 Å². The Kier molecular flexibility index (Phi) is 8.10. The van der Waals surface area contributed by atoms with Gasteiger partial charge in [0.1, 0.15) is 4.91 Å². The van der Waals surface area contributed by atoms with Crippen molar-refractivity contribution in [2.75, 3.05) is 16.5 Å². The fraction of sp³-hybridized carbons (Fsp3) is 0. The van der Waals surface area contributed by atoms with Crippen molar-refractivity contribution in [2.24, 2.45) is 15.3 Å². The number of fused-ring (bicyclic) bond motifs is 1. The Labute approximate surface area is 250 Å². The lowest BCUT2D eigenvalue weighted by Crippen LogP contribution is -2.27. The first-order chi connectivity index (χ1) is 21.0. The highest BCUT2D eigenvalue weighted by molar-refractivity contribution is 7.91. The zero-order valence-corrected chi connectivity index (χ0v) is 23.3. The molecule has 4 aromatic carbocycles. The van der Waals surface area contributed by atoms with Crippen LogP contribution in [0, 0.1) is 0 Å². The number of rotatable bonds is 8. The molecule has 0 bridgehead atoms. The predicted octanol–water partition coefficient (Wildman–Crippen LogP) is 5.53. The predicted molar refractivity (Wildman–Crippen MR) is 164 cm³/mol. The van der Waals surface area contributed by atoms with Crippen molar-refractivity contribution in [2.45, 2.75) is 0 Å². The van der Waals surface area contributed by atoms with E-state index in [-0.39, 0.29) is 39.3 Å². The first-order valence-corrected chi connectivity index (χ1v) is 14.2. The van der Waals surface area contributed by atoms with Gasteiger partial charge in [-0.2, -0.15) is 23.7 Å². The molecule has 0 heterocycles. The molecule has 1 amide bonds. The third kappa shape index (κ3) is 6.56. The van der Waals surface area contributed by atoms with E-state index < -0.39 is 38.4 Å². The lowest BCUT2D eigenvalue weighted by Gasteiger charge is -2.17. The molecule has 0 aromatic heterocycles. The number of aromatic carboxylic acids is 1. The maximum Gasteiger partial charge on any atom is 0.337 e. The summed E-state index contributed by atoms with van der Waals surface area (Å²) in [5, 5.41) is 24.4. The van der Waals surface area contributed by atoms with Gasteiger partial charge < -0.3 is 16.2 Å². The fourth-order valence-corrected chi connectivity index (χ4v) is 4.84. The van der Waals surface area contributed by atoms with Crippen LogP contribution in [0.3, 0.4) is 0 Å². The Balaban J connectivity index is 1.46. The van der Waals surface area contributed by atoms with Gasteiger partial charge in [0.15, 0.2) is 5.71 Å². The summed E-state index contributed by atoms with van der Waals surface area (Å²) in [5.74, 6) is -2.78. The van der Waals surface area contributed by atoms with Gasteiger partial charge in [-0.15, -0.1) is 0 Å². The van der Waals surface area contributed by atoms with Gasteiger partial charge in [-0.25, -0.2) is 4.79 Å². The molecule has 14 heteroatoms. The van der Waals surface area contributed by atoms with Crippen LogP contribution in [0.4, 0.5) is 28.4 Å². The van der Waals surface area contributed by atoms with Gasteiger partial charge in [-0.3, -0.25) is 19.6 Å². The molecule has 5 rings (SSSR count). The molecular formula is C30H22N6O7S. The molecule has 0 fully saturated rings.